The van der Waals surface area contributed by atoms with Gasteiger partial charge >= 0.3 is 0 Å². The van der Waals surface area contributed by atoms with Crippen LogP contribution in [0.5, 0.6) is 0 Å². The summed E-state index contributed by atoms with van der Waals surface area (Å²) in [5.74, 6) is 0.222. The van der Waals surface area contributed by atoms with E-state index in [0.29, 0.717) is 15.6 Å². The predicted molar refractivity (Wildman–Crippen MR) is 84.0 cm³/mol. The molecule has 1 aromatic carbocycles. The van der Waals surface area contributed by atoms with Gasteiger partial charge in [-0.25, -0.2) is 13.1 Å². The molecule has 1 aromatic rings. The molecule has 1 unspecified atom stereocenters. The molecule has 1 atom stereocenters. The average Bonchev–Trinajstić information content (AvgIpc) is 2.38. The molecule has 0 heterocycles. The Morgan fingerprint density at radius 2 is 1.95 bits per heavy atom. The summed E-state index contributed by atoms with van der Waals surface area (Å²) in [5.41, 5.74) is 1.22. The van der Waals surface area contributed by atoms with Gasteiger partial charge in [0.25, 0.3) is 0 Å². The quantitative estimate of drug-likeness (QED) is 0.816. The van der Waals surface area contributed by atoms with E-state index in [-0.39, 0.29) is 23.5 Å². The summed E-state index contributed by atoms with van der Waals surface area (Å²) in [7, 11) is -3.59. The second kappa shape index (κ2) is 7.02. The van der Waals surface area contributed by atoms with Gasteiger partial charge in [0.15, 0.2) is 0 Å². The molecule has 0 aliphatic carbocycles. The zero-order chi connectivity index (χ0) is 15.5. The largest absolute Gasteiger partial charge is 0.392 e. The van der Waals surface area contributed by atoms with Crippen LogP contribution in [0.4, 0.5) is 0 Å². The summed E-state index contributed by atoms with van der Waals surface area (Å²) in [4.78, 5) is 0.218. The van der Waals surface area contributed by atoms with Crippen LogP contribution in [0, 0.1) is 12.8 Å². The van der Waals surface area contributed by atoms with Crippen molar-refractivity contribution >= 4 is 26.0 Å². The summed E-state index contributed by atoms with van der Waals surface area (Å²) in [6.45, 7) is 7.49. The molecular formula is C14H22BrNO3S. The first-order valence-corrected chi connectivity index (χ1v) is 8.92. The molecule has 1 rings (SSSR count). The maximum Gasteiger partial charge on any atom is 0.241 e. The molecule has 114 valence electrons. The van der Waals surface area contributed by atoms with Crippen molar-refractivity contribution in [2.75, 3.05) is 0 Å². The number of aliphatic hydroxyl groups is 1. The molecule has 20 heavy (non-hydrogen) atoms. The third-order valence-corrected chi connectivity index (χ3v) is 5.82. The van der Waals surface area contributed by atoms with Gasteiger partial charge in [-0.2, -0.15) is 0 Å². The van der Waals surface area contributed by atoms with Crippen LogP contribution < -0.4 is 4.72 Å². The van der Waals surface area contributed by atoms with Crippen LogP contribution in [0.3, 0.4) is 0 Å². The second-order valence-corrected chi connectivity index (χ2v) is 7.78. The van der Waals surface area contributed by atoms with Gasteiger partial charge in [0.2, 0.25) is 10.0 Å². The maximum atomic E-state index is 12.5. The van der Waals surface area contributed by atoms with Gasteiger partial charge in [0, 0.05) is 10.5 Å². The SMILES string of the molecule is CCC(NS(=O)(=O)c1cc(CO)cc(Br)c1C)C(C)C. The molecule has 2 N–H and O–H groups in total. The number of hydrogen-bond donors (Lipinski definition) is 2. The van der Waals surface area contributed by atoms with Crippen molar-refractivity contribution in [1.82, 2.24) is 4.72 Å². The second-order valence-electron chi connectivity index (χ2n) is 5.24. The van der Waals surface area contributed by atoms with Gasteiger partial charge in [-0.1, -0.05) is 36.7 Å². The molecule has 0 aliphatic rings. The van der Waals surface area contributed by atoms with E-state index in [1.165, 1.54) is 6.07 Å². The predicted octanol–water partition coefficient (Wildman–Crippen LogP) is 2.96. The first-order valence-electron chi connectivity index (χ1n) is 6.65. The van der Waals surface area contributed by atoms with Gasteiger partial charge in [0.05, 0.1) is 11.5 Å². The topological polar surface area (TPSA) is 66.4 Å². The zero-order valence-corrected chi connectivity index (χ0v) is 14.7. The Labute approximate surface area is 129 Å². The van der Waals surface area contributed by atoms with Crippen molar-refractivity contribution in [3.63, 3.8) is 0 Å². The Morgan fingerprint density at radius 1 is 1.35 bits per heavy atom. The Hall–Kier alpha value is -0.430. The van der Waals surface area contributed by atoms with E-state index in [0.717, 1.165) is 6.42 Å². The number of benzene rings is 1. The van der Waals surface area contributed by atoms with Crippen LogP contribution in [0.2, 0.25) is 0 Å². The Morgan fingerprint density at radius 3 is 2.40 bits per heavy atom. The van der Waals surface area contributed by atoms with Gasteiger partial charge in [-0.3, -0.25) is 0 Å². The van der Waals surface area contributed by atoms with E-state index in [1.807, 2.05) is 20.8 Å². The molecular weight excluding hydrogens is 342 g/mol. The average molecular weight is 364 g/mol. The molecule has 6 heteroatoms. The van der Waals surface area contributed by atoms with Crippen LogP contribution in [0.1, 0.15) is 38.3 Å². The fraction of sp³-hybridized carbons (Fsp3) is 0.571. The van der Waals surface area contributed by atoms with Crippen molar-refractivity contribution in [3.8, 4) is 0 Å². The van der Waals surface area contributed by atoms with Crippen molar-refractivity contribution in [3.05, 3.63) is 27.7 Å². The van der Waals surface area contributed by atoms with E-state index in [2.05, 4.69) is 20.7 Å². The molecule has 0 radical (unpaired) electrons. The number of halogens is 1. The van der Waals surface area contributed by atoms with Crippen molar-refractivity contribution in [2.45, 2.75) is 51.7 Å². The maximum absolute atomic E-state index is 12.5. The number of aliphatic hydroxyl groups excluding tert-OH is 1. The molecule has 0 spiro atoms. The standard InChI is InChI=1S/C14H22BrNO3S/c1-5-13(9(2)3)16-20(18,19)14-7-11(8-17)6-12(15)10(14)4/h6-7,9,13,16-17H,5,8H2,1-4H3. The molecule has 0 saturated heterocycles. The Balaban J connectivity index is 3.25. The van der Waals surface area contributed by atoms with E-state index < -0.39 is 10.0 Å². The first-order chi connectivity index (χ1) is 9.22. The molecule has 0 saturated carbocycles. The number of nitrogens with one attached hydrogen (secondary N) is 1. The molecule has 4 nitrogen and oxygen atoms in total. The summed E-state index contributed by atoms with van der Waals surface area (Å²) in [5, 5.41) is 9.22. The normalized spacial score (nSPS) is 13.8. The van der Waals surface area contributed by atoms with Crippen molar-refractivity contribution in [1.29, 1.82) is 0 Å². The minimum Gasteiger partial charge on any atom is -0.392 e. The monoisotopic (exact) mass is 363 g/mol. The van der Waals surface area contributed by atoms with Gasteiger partial charge in [-0.15, -0.1) is 0 Å². The molecule has 0 aromatic heterocycles. The highest BCUT2D eigenvalue weighted by Gasteiger charge is 2.24. The third-order valence-electron chi connectivity index (χ3n) is 3.38. The number of hydrogen-bond acceptors (Lipinski definition) is 3. The van der Waals surface area contributed by atoms with Crippen LogP contribution >= 0.6 is 15.9 Å². The minimum atomic E-state index is -3.59. The lowest BCUT2D eigenvalue weighted by atomic mass is 10.0. The highest BCUT2D eigenvalue weighted by molar-refractivity contribution is 9.10. The lowest BCUT2D eigenvalue weighted by Gasteiger charge is -2.21. The molecule has 0 amide bonds. The first kappa shape index (κ1) is 17.6. The Kier molecular flexibility index (Phi) is 6.19. The van der Waals surface area contributed by atoms with Crippen LogP contribution in [0.25, 0.3) is 0 Å². The van der Waals surface area contributed by atoms with Crippen LogP contribution in [0.15, 0.2) is 21.5 Å². The summed E-state index contributed by atoms with van der Waals surface area (Å²) in [6, 6.07) is 3.15. The van der Waals surface area contributed by atoms with Crippen molar-refractivity contribution < 1.29 is 13.5 Å². The lowest BCUT2D eigenvalue weighted by molar-refractivity contribution is 0.281. The van der Waals surface area contributed by atoms with Gasteiger partial charge in [0.1, 0.15) is 0 Å². The third kappa shape index (κ3) is 4.04. The fourth-order valence-electron chi connectivity index (χ4n) is 2.03. The summed E-state index contributed by atoms with van der Waals surface area (Å²) in [6.07, 6.45) is 0.733. The van der Waals surface area contributed by atoms with E-state index >= 15 is 0 Å². The highest BCUT2D eigenvalue weighted by Crippen LogP contribution is 2.26. The van der Waals surface area contributed by atoms with E-state index in [9.17, 15) is 13.5 Å². The van der Waals surface area contributed by atoms with Gasteiger partial charge < -0.3 is 5.11 Å². The summed E-state index contributed by atoms with van der Waals surface area (Å²) >= 11 is 3.34. The fourth-order valence-corrected chi connectivity index (χ4v) is 4.45. The molecule has 0 aliphatic heterocycles. The van der Waals surface area contributed by atoms with E-state index in [4.69, 9.17) is 0 Å². The number of sulfonamides is 1. The van der Waals surface area contributed by atoms with Crippen LogP contribution in [-0.4, -0.2) is 19.6 Å². The smallest absolute Gasteiger partial charge is 0.241 e. The van der Waals surface area contributed by atoms with Crippen molar-refractivity contribution in [2.24, 2.45) is 5.92 Å². The number of rotatable bonds is 6. The van der Waals surface area contributed by atoms with Gasteiger partial charge in [-0.05, 0) is 42.5 Å². The lowest BCUT2D eigenvalue weighted by Crippen LogP contribution is -2.38. The van der Waals surface area contributed by atoms with E-state index in [1.54, 1.807) is 13.0 Å². The zero-order valence-electron chi connectivity index (χ0n) is 12.3. The summed E-state index contributed by atoms with van der Waals surface area (Å²) < 4.78 is 28.5. The molecule has 0 bridgehead atoms. The van der Waals surface area contributed by atoms with Crippen LogP contribution in [-0.2, 0) is 16.6 Å². The minimum absolute atomic E-state index is 0.101. The highest BCUT2D eigenvalue weighted by atomic mass is 79.9. The molecule has 0 fully saturated rings. The Bertz CT molecular complexity index is 570.